The summed E-state index contributed by atoms with van der Waals surface area (Å²) in [5.41, 5.74) is -0.0895. The Morgan fingerprint density at radius 1 is 1.56 bits per heavy atom. The Morgan fingerprint density at radius 2 is 2.31 bits per heavy atom. The summed E-state index contributed by atoms with van der Waals surface area (Å²) in [5.74, 6) is 0.386. The van der Waals surface area contributed by atoms with Crippen LogP contribution in [0.5, 0.6) is 0 Å². The Hall–Kier alpha value is -1.36. The molecule has 1 atom stereocenters. The maximum Gasteiger partial charge on any atom is 0.293 e. The van der Waals surface area contributed by atoms with Crippen molar-refractivity contribution in [1.29, 1.82) is 0 Å². The number of hydrogen-bond donors (Lipinski definition) is 1. The molecule has 0 aliphatic heterocycles. The second-order valence-corrected chi connectivity index (χ2v) is 3.57. The van der Waals surface area contributed by atoms with Gasteiger partial charge in [0.25, 0.3) is 5.56 Å². The van der Waals surface area contributed by atoms with Gasteiger partial charge in [0.2, 0.25) is 0 Å². The average Bonchev–Trinajstić information content (AvgIpc) is 2.29. The number of nitrogens with one attached hydrogen (secondary N) is 1. The SMILES string of the molecule is CCOCC(C)Nc1nccn(CC)c1=O. The van der Waals surface area contributed by atoms with E-state index in [1.54, 1.807) is 17.0 Å². The first-order valence-electron chi connectivity index (χ1n) is 5.58. The van der Waals surface area contributed by atoms with Gasteiger partial charge in [-0.1, -0.05) is 0 Å². The summed E-state index contributed by atoms with van der Waals surface area (Å²) in [6.07, 6.45) is 3.31. The van der Waals surface area contributed by atoms with Crippen LogP contribution in [0.3, 0.4) is 0 Å². The minimum absolute atomic E-state index is 0.0767. The molecule has 1 aromatic rings. The highest BCUT2D eigenvalue weighted by Gasteiger charge is 2.07. The summed E-state index contributed by atoms with van der Waals surface area (Å²) in [6, 6.07) is 0.0767. The standard InChI is InChI=1S/C11H19N3O2/c1-4-14-7-6-12-10(11(14)15)13-9(3)8-16-5-2/h6-7,9H,4-5,8H2,1-3H3,(H,12,13). The molecule has 0 amide bonds. The minimum Gasteiger partial charge on any atom is -0.380 e. The van der Waals surface area contributed by atoms with Crippen molar-refractivity contribution >= 4 is 5.82 Å². The van der Waals surface area contributed by atoms with Gasteiger partial charge < -0.3 is 14.6 Å². The van der Waals surface area contributed by atoms with Crippen LogP contribution < -0.4 is 10.9 Å². The fourth-order valence-electron chi connectivity index (χ4n) is 1.36. The molecule has 0 fully saturated rings. The number of nitrogens with zero attached hydrogens (tertiary/aromatic N) is 2. The van der Waals surface area contributed by atoms with Crippen molar-refractivity contribution in [3.63, 3.8) is 0 Å². The molecule has 0 aliphatic rings. The summed E-state index contributed by atoms with van der Waals surface area (Å²) in [7, 11) is 0. The van der Waals surface area contributed by atoms with E-state index in [4.69, 9.17) is 4.74 Å². The molecule has 5 nitrogen and oxygen atoms in total. The van der Waals surface area contributed by atoms with E-state index in [2.05, 4.69) is 10.3 Å². The van der Waals surface area contributed by atoms with Gasteiger partial charge in [0, 0.05) is 31.6 Å². The molecule has 0 spiro atoms. The van der Waals surface area contributed by atoms with Crippen LogP contribution in [-0.4, -0.2) is 28.8 Å². The van der Waals surface area contributed by atoms with Crippen molar-refractivity contribution < 1.29 is 4.74 Å². The third-order valence-corrected chi connectivity index (χ3v) is 2.21. The normalized spacial score (nSPS) is 12.4. The number of aryl methyl sites for hydroxylation is 1. The van der Waals surface area contributed by atoms with Crippen molar-refractivity contribution in [2.24, 2.45) is 0 Å². The second kappa shape index (κ2) is 6.27. The summed E-state index contributed by atoms with van der Waals surface area (Å²) in [6.45, 7) is 7.72. The predicted octanol–water partition coefficient (Wildman–Crippen LogP) is 1.10. The van der Waals surface area contributed by atoms with Crippen LogP contribution in [-0.2, 0) is 11.3 Å². The van der Waals surface area contributed by atoms with Crippen LogP contribution >= 0.6 is 0 Å². The Morgan fingerprint density at radius 3 is 2.94 bits per heavy atom. The highest BCUT2D eigenvalue weighted by molar-refractivity contribution is 5.31. The van der Waals surface area contributed by atoms with Crippen LogP contribution in [0.1, 0.15) is 20.8 Å². The molecule has 0 bridgehead atoms. The Bertz CT molecular complexity index is 376. The number of ether oxygens (including phenoxy) is 1. The molecule has 1 N–H and O–H groups in total. The van der Waals surface area contributed by atoms with Crippen molar-refractivity contribution in [2.75, 3.05) is 18.5 Å². The van der Waals surface area contributed by atoms with Gasteiger partial charge >= 0.3 is 0 Å². The summed E-state index contributed by atoms with van der Waals surface area (Å²) >= 11 is 0. The third kappa shape index (κ3) is 3.34. The Balaban J connectivity index is 2.70. The first-order valence-corrected chi connectivity index (χ1v) is 5.58. The number of anilines is 1. The molecule has 90 valence electrons. The van der Waals surface area contributed by atoms with E-state index in [-0.39, 0.29) is 11.6 Å². The van der Waals surface area contributed by atoms with Crippen LogP contribution in [0, 0.1) is 0 Å². The van der Waals surface area contributed by atoms with Gasteiger partial charge in [-0.15, -0.1) is 0 Å². The highest BCUT2D eigenvalue weighted by atomic mass is 16.5. The van der Waals surface area contributed by atoms with Crippen LogP contribution in [0.15, 0.2) is 17.2 Å². The number of hydrogen-bond acceptors (Lipinski definition) is 4. The topological polar surface area (TPSA) is 56.1 Å². The van der Waals surface area contributed by atoms with E-state index in [9.17, 15) is 4.79 Å². The van der Waals surface area contributed by atoms with Gasteiger partial charge in [-0.3, -0.25) is 4.79 Å². The molecule has 1 aromatic heterocycles. The zero-order chi connectivity index (χ0) is 12.0. The van der Waals surface area contributed by atoms with Crippen molar-refractivity contribution in [2.45, 2.75) is 33.4 Å². The van der Waals surface area contributed by atoms with Crippen molar-refractivity contribution in [1.82, 2.24) is 9.55 Å². The highest BCUT2D eigenvalue weighted by Crippen LogP contribution is 1.97. The molecule has 1 heterocycles. The maximum absolute atomic E-state index is 11.8. The molecule has 0 aliphatic carbocycles. The molecule has 0 saturated heterocycles. The van der Waals surface area contributed by atoms with Gasteiger partial charge in [-0.05, 0) is 20.8 Å². The Labute approximate surface area is 95.5 Å². The first kappa shape index (κ1) is 12.7. The minimum atomic E-state index is -0.0895. The summed E-state index contributed by atoms with van der Waals surface area (Å²) in [4.78, 5) is 15.8. The van der Waals surface area contributed by atoms with Crippen molar-refractivity contribution in [3.8, 4) is 0 Å². The van der Waals surface area contributed by atoms with E-state index in [1.165, 1.54) is 0 Å². The molecule has 0 radical (unpaired) electrons. The van der Waals surface area contributed by atoms with Crippen LogP contribution in [0.25, 0.3) is 0 Å². The molecule has 5 heteroatoms. The van der Waals surface area contributed by atoms with Gasteiger partial charge in [0.15, 0.2) is 5.82 Å². The lowest BCUT2D eigenvalue weighted by atomic mass is 10.3. The second-order valence-electron chi connectivity index (χ2n) is 3.57. The monoisotopic (exact) mass is 225 g/mol. The molecule has 1 rings (SSSR count). The van der Waals surface area contributed by atoms with E-state index >= 15 is 0 Å². The third-order valence-electron chi connectivity index (χ3n) is 2.21. The van der Waals surface area contributed by atoms with Gasteiger partial charge in [0.1, 0.15) is 0 Å². The average molecular weight is 225 g/mol. The molecular weight excluding hydrogens is 206 g/mol. The lowest BCUT2D eigenvalue weighted by Crippen LogP contribution is -2.29. The van der Waals surface area contributed by atoms with E-state index in [0.717, 1.165) is 0 Å². The largest absolute Gasteiger partial charge is 0.380 e. The zero-order valence-corrected chi connectivity index (χ0v) is 10.1. The predicted molar refractivity (Wildman–Crippen MR) is 63.7 cm³/mol. The molecule has 0 aromatic carbocycles. The Kier molecular flexibility index (Phi) is 4.98. The van der Waals surface area contributed by atoms with Gasteiger partial charge in [-0.2, -0.15) is 0 Å². The lowest BCUT2D eigenvalue weighted by Gasteiger charge is -2.14. The van der Waals surface area contributed by atoms with Crippen LogP contribution in [0.4, 0.5) is 5.82 Å². The summed E-state index contributed by atoms with van der Waals surface area (Å²) in [5, 5.41) is 3.05. The summed E-state index contributed by atoms with van der Waals surface area (Å²) < 4.78 is 6.88. The van der Waals surface area contributed by atoms with Gasteiger partial charge in [-0.25, -0.2) is 4.98 Å². The fourth-order valence-corrected chi connectivity index (χ4v) is 1.36. The van der Waals surface area contributed by atoms with Crippen LogP contribution in [0.2, 0.25) is 0 Å². The smallest absolute Gasteiger partial charge is 0.293 e. The molecule has 1 unspecified atom stereocenters. The molecule has 0 saturated carbocycles. The molecular formula is C11H19N3O2. The number of rotatable bonds is 6. The van der Waals surface area contributed by atoms with E-state index in [1.807, 2.05) is 20.8 Å². The quantitative estimate of drug-likeness (QED) is 0.787. The first-order chi connectivity index (χ1) is 7.69. The maximum atomic E-state index is 11.8. The lowest BCUT2D eigenvalue weighted by molar-refractivity contribution is 0.141. The fraction of sp³-hybridized carbons (Fsp3) is 0.636. The van der Waals surface area contributed by atoms with E-state index in [0.29, 0.717) is 25.6 Å². The zero-order valence-electron chi connectivity index (χ0n) is 10.1. The molecule has 16 heavy (non-hydrogen) atoms. The van der Waals surface area contributed by atoms with Crippen molar-refractivity contribution in [3.05, 3.63) is 22.7 Å². The van der Waals surface area contributed by atoms with E-state index < -0.39 is 0 Å². The van der Waals surface area contributed by atoms with Gasteiger partial charge in [0.05, 0.1) is 6.61 Å². The number of aromatic nitrogens is 2.